The molecule has 0 aliphatic rings. The van der Waals surface area contributed by atoms with Crippen molar-refractivity contribution in [2.24, 2.45) is 0 Å². The molecule has 0 spiro atoms. The van der Waals surface area contributed by atoms with Crippen molar-refractivity contribution in [1.82, 2.24) is 10.3 Å². The van der Waals surface area contributed by atoms with Gasteiger partial charge in [0.25, 0.3) is 5.56 Å². The summed E-state index contributed by atoms with van der Waals surface area (Å²) in [5.41, 5.74) is 0.918. The van der Waals surface area contributed by atoms with Crippen LogP contribution in [0.2, 0.25) is 0 Å². The highest BCUT2D eigenvalue weighted by atomic mass is 35.5. The van der Waals surface area contributed by atoms with Crippen molar-refractivity contribution in [1.29, 1.82) is 0 Å². The van der Waals surface area contributed by atoms with Gasteiger partial charge in [0.2, 0.25) is 0 Å². The van der Waals surface area contributed by atoms with Crippen LogP contribution in [0.4, 0.5) is 0 Å². The molecule has 1 aromatic carbocycles. The monoisotopic (exact) mass is 402 g/mol. The fraction of sp³-hybridized carbons (Fsp3) is 0.421. The van der Waals surface area contributed by atoms with Crippen molar-refractivity contribution in [2.75, 3.05) is 13.2 Å². The Balaban J connectivity index is 0.00000312. The summed E-state index contributed by atoms with van der Waals surface area (Å²) in [6.45, 7) is 4.72. The molecule has 26 heavy (non-hydrogen) atoms. The molecular formula is C19H28Cl2N2O3. The molecule has 0 aliphatic heterocycles. The number of hydrogen-bond acceptors (Lipinski definition) is 4. The van der Waals surface area contributed by atoms with E-state index in [1.807, 2.05) is 18.2 Å². The van der Waals surface area contributed by atoms with E-state index in [2.05, 4.69) is 36.3 Å². The third-order valence-electron chi connectivity index (χ3n) is 3.91. The molecule has 0 bridgehead atoms. The van der Waals surface area contributed by atoms with E-state index in [9.17, 15) is 9.90 Å². The number of H-pyrrole nitrogens is 1. The van der Waals surface area contributed by atoms with Gasteiger partial charge in [-0.1, -0.05) is 30.3 Å². The number of nitrogens with one attached hydrogen (secondary N) is 2. The van der Waals surface area contributed by atoms with Gasteiger partial charge in [-0.05, 0) is 44.4 Å². The van der Waals surface area contributed by atoms with Gasteiger partial charge in [-0.2, -0.15) is 0 Å². The number of benzene rings is 1. The van der Waals surface area contributed by atoms with E-state index in [4.69, 9.17) is 4.74 Å². The molecule has 1 atom stereocenters. The van der Waals surface area contributed by atoms with Crippen LogP contribution in [0, 0.1) is 0 Å². The van der Waals surface area contributed by atoms with Crippen LogP contribution in [-0.2, 0) is 6.42 Å². The quantitative estimate of drug-likeness (QED) is 0.602. The highest BCUT2D eigenvalue weighted by Gasteiger charge is 2.18. The number of aliphatic hydroxyl groups excluding tert-OH is 1. The first kappa shape index (κ1) is 24.5. The highest BCUT2D eigenvalue weighted by Crippen LogP contribution is 2.13. The lowest BCUT2D eigenvalue weighted by Gasteiger charge is -2.28. The second-order valence-electron chi connectivity index (χ2n) is 6.58. The number of aliphatic hydroxyl groups is 1. The Morgan fingerprint density at radius 1 is 1.15 bits per heavy atom. The summed E-state index contributed by atoms with van der Waals surface area (Å²) in [7, 11) is 0. The van der Waals surface area contributed by atoms with E-state index in [1.165, 1.54) is 5.56 Å². The minimum atomic E-state index is -0.680. The molecule has 7 heteroatoms. The Hall–Kier alpha value is -1.53. The second-order valence-corrected chi connectivity index (χ2v) is 6.58. The number of aromatic nitrogens is 1. The van der Waals surface area contributed by atoms with Crippen LogP contribution in [0.3, 0.4) is 0 Å². The molecule has 1 unspecified atom stereocenters. The summed E-state index contributed by atoms with van der Waals surface area (Å²) < 4.78 is 5.36. The summed E-state index contributed by atoms with van der Waals surface area (Å²) >= 11 is 0. The fourth-order valence-corrected chi connectivity index (χ4v) is 2.35. The van der Waals surface area contributed by atoms with Gasteiger partial charge in [0.05, 0.1) is 0 Å². The second kappa shape index (κ2) is 12.0. The lowest BCUT2D eigenvalue weighted by molar-refractivity contribution is 0.0974. The maximum absolute atomic E-state index is 11.5. The first-order valence-corrected chi connectivity index (χ1v) is 8.24. The van der Waals surface area contributed by atoms with Crippen molar-refractivity contribution < 1.29 is 9.84 Å². The highest BCUT2D eigenvalue weighted by molar-refractivity contribution is 5.85. The van der Waals surface area contributed by atoms with Crippen molar-refractivity contribution in [3.05, 3.63) is 64.6 Å². The van der Waals surface area contributed by atoms with Gasteiger partial charge in [0, 0.05) is 18.3 Å². The van der Waals surface area contributed by atoms with Gasteiger partial charge >= 0.3 is 0 Å². The van der Waals surface area contributed by atoms with Crippen molar-refractivity contribution in [2.45, 2.75) is 38.3 Å². The Morgan fingerprint density at radius 3 is 2.50 bits per heavy atom. The van der Waals surface area contributed by atoms with Crippen molar-refractivity contribution in [3.63, 3.8) is 0 Å². The Bertz CT molecular complexity index is 678. The standard InChI is InChI=1S/C19H26N2O3.2ClH/c1-19(2,11-10-15-7-4-3-5-8-15)21-13-16(22)14-24-17-9-6-12-20-18(17)23;;/h3-9,12,16,21-22H,10-11,13-14H2,1-2H3,(H,20,23);2*1H. The number of β-amino-alcohol motifs (C(OH)–C–C–N with tert-alkyl or cyclic N) is 1. The number of hydrogen-bond donors (Lipinski definition) is 3. The first-order valence-electron chi connectivity index (χ1n) is 8.24. The van der Waals surface area contributed by atoms with Gasteiger partial charge in [-0.3, -0.25) is 4.79 Å². The maximum atomic E-state index is 11.5. The van der Waals surface area contributed by atoms with Crippen LogP contribution in [0.15, 0.2) is 53.5 Å². The topological polar surface area (TPSA) is 74.3 Å². The molecule has 3 N–H and O–H groups in total. The summed E-state index contributed by atoms with van der Waals surface area (Å²) in [4.78, 5) is 14.0. The third kappa shape index (κ3) is 8.72. The van der Waals surface area contributed by atoms with Crippen molar-refractivity contribution >= 4 is 24.8 Å². The van der Waals surface area contributed by atoms with E-state index in [0.29, 0.717) is 6.54 Å². The number of pyridine rings is 1. The predicted molar refractivity (Wildman–Crippen MR) is 110 cm³/mol. The minimum absolute atomic E-state index is 0. The van der Waals surface area contributed by atoms with E-state index < -0.39 is 6.10 Å². The molecule has 1 aromatic heterocycles. The zero-order valence-electron chi connectivity index (χ0n) is 15.1. The van der Waals surface area contributed by atoms with Crippen LogP contribution in [0.5, 0.6) is 5.75 Å². The zero-order valence-corrected chi connectivity index (χ0v) is 16.7. The zero-order chi connectivity index (χ0) is 17.4. The van der Waals surface area contributed by atoms with Crippen molar-refractivity contribution in [3.8, 4) is 5.75 Å². The Labute approximate surface area is 167 Å². The average molecular weight is 403 g/mol. The SMILES string of the molecule is CC(C)(CCc1ccccc1)NCC(O)COc1ccc[nH]c1=O.Cl.Cl. The van der Waals surface area contributed by atoms with E-state index in [0.717, 1.165) is 12.8 Å². The fourth-order valence-electron chi connectivity index (χ4n) is 2.35. The van der Waals surface area contributed by atoms with E-state index in [-0.39, 0.29) is 48.3 Å². The van der Waals surface area contributed by atoms with Gasteiger partial charge in [-0.15, -0.1) is 24.8 Å². The largest absolute Gasteiger partial charge is 0.485 e. The lowest BCUT2D eigenvalue weighted by atomic mass is 9.95. The van der Waals surface area contributed by atoms with Crippen LogP contribution in [0.1, 0.15) is 25.8 Å². The van der Waals surface area contributed by atoms with Gasteiger partial charge in [-0.25, -0.2) is 0 Å². The van der Waals surface area contributed by atoms with E-state index >= 15 is 0 Å². The number of aromatic amines is 1. The van der Waals surface area contributed by atoms with Crippen LogP contribution in [-0.4, -0.2) is 34.9 Å². The number of rotatable bonds is 9. The van der Waals surface area contributed by atoms with Crippen LogP contribution in [0.25, 0.3) is 0 Å². The molecule has 2 rings (SSSR count). The molecule has 0 radical (unpaired) electrons. The number of halogens is 2. The van der Waals surface area contributed by atoms with Gasteiger partial charge in [0.15, 0.2) is 5.75 Å². The van der Waals surface area contributed by atoms with Crippen LogP contribution < -0.4 is 15.6 Å². The molecular weight excluding hydrogens is 375 g/mol. The summed E-state index contributed by atoms with van der Waals surface area (Å²) in [6, 6.07) is 13.6. The molecule has 5 nitrogen and oxygen atoms in total. The molecule has 0 saturated heterocycles. The van der Waals surface area contributed by atoms with Gasteiger partial charge < -0.3 is 20.1 Å². The summed E-state index contributed by atoms with van der Waals surface area (Å²) in [5, 5.41) is 13.4. The maximum Gasteiger partial charge on any atom is 0.290 e. The average Bonchev–Trinajstić information content (AvgIpc) is 2.59. The molecule has 0 amide bonds. The molecule has 2 aromatic rings. The molecule has 0 fully saturated rings. The normalized spacial score (nSPS) is 11.8. The Kier molecular flexibility index (Phi) is 11.3. The van der Waals surface area contributed by atoms with E-state index in [1.54, 1.807) is 18.3 Å². The summed E-state index contributed by atoms with van der Waals surface area (Å²) in [5.74, 6) is 0.222. The summed E-state index contributed by atoms with van der Waals surface area (Å²) in [6.07, 6.45) is 2.80. The lowest BCUT2D eigenvalue weighted by Crippen LogP contribution is -2.45. The molecule has 0 aliphatic carbocycles. The molecule has 0 saturated carbocycles. The molecule has 146 valence electrons. The first-order chi connectivity index (χ1) is 11.5. The minimum Gasteiger partial charge on any atom is -0.485 e. The predicted octanol–water partition coefficient (Wildman–Crippen LogP) is 2.96. The van der Waals surface area contributed by atoms with Crippen LogP contribution >= 0.6 is 24.8 Å². The third-order valence-corrected chi connectivity index (χ3v) is 3.91. The number of aryl methyl sites for hydroxylation is 1. The van der Waals surface area contributed by atoms with Gasteiger partial charge in [0.1, 0.15) is 12.7 Å². The number of ether oxygens (including phenoxy) is 1. The molecule has 1 heterocycles. The smallest absolute Gasteiger partial charge is 0.290 e. The Morgan fingerprint density at radius 2 is 1.85 bits per heavy atom.